The lowest BCUT2D eigenvalue weighted by Crippen LogP contribution is -2.46. The van der Waals surface area contributed by atoms with Crippen LogP contribution in [0, 0.1) is 0 Å². The molecule has 1 unspecified atom stereocenters. The van der Waals surface area contributed by atoms with E-state index >= 15 is 0 Å². The first-order valence-corrected chi connectivity index (χ1v) is 7.55. The third kappa shape index (κ3) is 4.63. The molecule has 0 aliphatic heterocycles. The van der Waals surface area contributed by atoms with Gasteiger partial charge in [0, 0.05) is 44.0 Å². The largest absolute Gasteiger partial charge is 0.480 e. The number of aromatic nitrogens is 2. The van der Waals surface area contributed by atoms with Gasteiger partial charge in [0.1, 0.15) is 6.04 Å². The molecule has 2 heterocycles. The maximum absolute atomic E-state index is 12.6. The number of aliphatic carboxylic acids is 1. The van der Waals surface area contributed by atoms with Crippen molar-refractivity contribution in [3.63, 3.8) is 0 Å². The van der Waals surface area contributed by atoms with E-state index in [9.17, 15) is 19.5 Å². The molecule has 9 nitrogen and oxygen atoms in total. The fourth-order valence-electron chi connectivity index (χ4n) is 2.12. The third-order valence-electron chi connectivity index (χ3n) is 3.49. The number of carboxylic acids is 1. The molecule has 9 heteroatoms. The summed E-state index contributed by atoms with van der Waals surface area (Å²) in [6.07, 6.45) is 3.16. The average molecular weight is 346 g/mol. The second-order valence-corrected chi connectivity index (χ2v) is 5.31. The van der Waals surface area contributed by atoms with Gasteiger partial charge in [-0.3, -0.25) is 14.6 Å². The first kappa shape index (κ1) is 18.1. The first-order chi connectivity index (χ1) is 11.9. The summed E-state index contributed by atoms with van der Waals surface area (Å²) in [5, 5.41) is 15.5. The number of pyridine rings is 1. The molecule has 1 atom stereocenters. The standard InChI is InChI=1S/C16H18N4O5/c1-10(16(23)24)20(7-6-18-11(2)21)15(22)13-8-14(25-19-13)12-4-3-5-17-9-12/h3-5,8-10H,6-7H2,1-2H3,(H,18,21)(H,23,24). The normalized spacial score (nSPS) is 11.6. The van der Waals surface area contributed by atoms with Crippen LogP contribution in [0.4, 0.5) is 0 Å². The van der Waals surface area contributed by atoms with E-state index in [0.29, 0.717) is 11.3 Å². The summed E-state index contributed by atoms with van der Waals surface area (Å²) in [4.78, 5) is 39.9. The third-order valence-corrected chi connectivity index (χ3v) is 3.49. The van der Waals surface area contributed by atoms with Gasteiger partial charge in [-0.25, -0.2) is 4.79 Å². The van der Waals surface area contributed by atoms with Gasteiger partial charge in [0.25, 0.3) is 5.91 Å². The van der Waals surface area contributed by atoms with E-state index < -0.39 is 17.9 Å². The zero-order chi connectivity index (χ0) is 18.4. The summed E-state index contributed by atoms with van der Waals surface area (Å²) in [7, 11) is 0. The van der Waals surface area contributed by atoms with Gasteiger partial charge in [0.15, 0.2) is 11.5 Å². The van der Waals surface area contributed by atoms with Crippen LogP contribution in [0.25, 0.3) is 11.3 Å². The van der Waals surface area contributed by atoms with Gasteiger partial charge >= 0.3 is 5.97 Å². The Morgan fingerprint density at radius 3 is 2.76 bits per heavy atom. The zero-order valence-corrected chi connectivity index (χ0v) is 13.8. The molecular formula is C16H18N4O5. The van der Waals surface area contributed by atoms with Gasteiger partial charge in [-0.1, -0.05) is 5.16 Å². The molecule has 0 spiro atoms. The van der Waals surface area contributed by atoms with Crippen molar-refractivity contribution in [1.29, 1.82) is 0 Å². The molecule has 2 rings (SSSR count). The molecule has 25 heavy (non-hydrogen) atoms. The van der Waals surface area contributed by atoms with Crippen molar-refractivity contribution in [3.05, 3.63) is 36.3 Å². The molecule has 2 aromatic heterocycles. The lowest BCUT2D eigenvalue weighted by Gasteiger charge is -2.25. The maximum Gasteiger partial charge on any atom is 0.326 e. The smallest absolute Gasteiger partial charge is 0.326 e. The van der Waals surface area contributed by atoms with E-state index in [0.717, 1.165) is 4.90 Å². The number of hydrogen-bond donors (Lipinski definition) is 2. The Kier molecular flexibility index (Phi) is 5.83. The Morgan fingerprint density at radius 1 is 1.40 bits per heavy atom. The number of nitrogens with one attached hydrogen (secondary N) is 1. The molecule has 2 amide bonds. The lowest BCUT2D eigenvalue weighted by atomic mass is 10.2. The van der Waals surface area contributed by atoms with Crippen molar-refractivity contribution < 1.29 is 24.0 Å². The number of carbonyl (C=O) groups excluding carboxylic acids is 2. The summed E-state index contributed by atoms with van der Waals surface area (Å²) in [6.45, 7) is 2.88. The van der Waals surface area contributed by atoms with Gasteiger partial charge in [0.2, 0.25) is 5.91 Å². The lowest BCUT2D eigenvalue weighted by molar-refractivity contribution is -0.141. The molecule has 0 bridgehead atoms. The van der Waals surface area contributed by atoms with Crippen LogP contribution in [-0.4, -0.2) is 57.1 Å². The number of carboxylic acid groups (broad SMARTS) is 1. The highest BCUT2D eigenvalue weighted by molar-refractivity contribution is 5.95. The van der Waals surface area contributed by atoms with Crippen molar-refractivity contribution in [1.82, 2.24) is 20.4 Å². The molecule has 2 N–H and O–H groups in total. The molecule has 0 saturated carbocycles. The van der Waals surface area contributed by atoms with E-state index in [1.807, 2.05) is 0 Å². The van der Waals surface area contributed by atoms with Gasteiger partial charge in [-0.15, -0.1) is 0 Å². The van der Waals surface area contributed by atoms with Crippen molar-refractivity contribution in [2.45, 2.75) is 19.9 Å². The SMILES string of the molecule is CC(=O)NCCN(C(=O)c1cc(-c2cccnc2)on1)C(C)C(=O)O. The highest BCUT2D eigenvalue weighted by Gasteiger charge is 2.28. The minimum atomic E-state index is -1.16. The fraction of sp³-hybridized carbons (Fsp3) is 0.312. The van der Waals surface area contributed by atoms with E-state index in [4.69, 9.17) is 4.52 Å². The second kappa shape index (κ2) is 8.04. The second-order valence-electron chi connectivity index (χ2n) is 5.31. The highest BCUT2D eigenvalue weighted by Crippen LogP contribution is 2.20. The van der Waals surface area contributed by atoms with Crippen LogP contribution in [0.3, 0.4) is 0 Å². The molecule has 0 aliphatic rings. The van der Waals surface area contributed by atoms with Crippen LogP contribution in [0.1, 0.15) is 24.3 Å². The van der Waals surface area contributed by atoms with Crippen LogP contribution < -0.4 is 5.32 Å². The number of nitrogens with zero attached hydrogens (tertiary/aromatic N) is 3. The molecule has 0 aliphatic carbocycles. The monoisotopic (exact) mass is 346 g/mol. The van der Waals surface area contributed by atoms with E-state index in [-0.39, 0.29) is 24.7 Å². The van der Waals surface area contributed by atoms with Crippen LogP contribution in [0.5, 0.6) is 0 Å². The summed E-state index contributed by atoms with van der Waals surface area (Å²) in [5.74, 6) is -1.68. The van der Waals surface area contributed by atoms with Crippen LogP contribution in [-0.2, 0) is 9.59 Å². The Labute approximate surface area is 143 Å². The Balaban J connectivity index is 2.19. The Morgan fingerprint density at radius 2 is 2.16 bits per heavy atom. The number of carbonyl (C=O) groups is 3. The molecular weight excluding hydrogens is 328 g/mol. The number of amides is 2. The molecule has 132 valence electrons. The molecule has 2 aromatic rings. The Hall–Kier alpha value is -3.23. The van der Waals surface area contributed by atoms with Crippen LogP contribution in [0.15, 0.2) is 35.1 Å². The van der Waals surface area contributed by atoms with Gasteiger partial charge < -0.3 is 19.8 Å². The highest BCUT2D eigenvalue weighted by atomic mass is 16.5. The molecule has 0 aromatic carbocycles. The minimum Gasteiger partial charge on any atom is -0.480 e. The van der Waals surface area contributed by atoms with Gasteiger partial charge in [-0.05, 0) is 19.1 Å². The van der Waals surface area contributed by atoms with E-state index in [1.54, 1.807) is 24.5 Å². The quantitative estimate of drug-likeness (QED) is 0.759. The summed E-state index contributed by atoms with van der Waals surface area (Å²) in [6, 6.07) is 3.81. The zero-order valence-electron chi connectivity index (χ0n) is 13.8. The van der Waals surface area contributed by atoms with Crippen molar-refractivity contribution >= 4 is 17.8 Å². The van der Waals surface area contributed by atoms with Crippen molar-refractivity contribution in [2.75, 3.05) is 13.1 Å². The van der Waals surface area contributed by atoms with Crippen molar-refractivity contribution in [3.8, 4) is 11.3 Å². The molecule has 0 fully saturated rings. The topological polar surface area (TPSA) is 126 Å². The van der Waals surface area contributed by atoms with Gasteiger partial charge in [0.05, 0.1) is 0 Å². The molecule has 0 saturated heterocycles. The van der Waals surface area contributed by atoms with Crippen molar-refractivity contribution in [2.24, 2.45) is 0 Å². The van der Waals surface area contributed by atoms with Crippen LogP contribution in [0.2, 0.25) is 0 Å². The predicted octanol–water partition coefficient (Wildman–Crippen LogP) is 0.788. The summed E-state index contributed by atoms with van der Waals surface area (Å²) < 4.78 is 5.15. The number of rotatable bonds is 7. The van der Waals surface area contributed by atoms with Gasteiger partial charge in [-0.2, -0.15) is 0 Å². The molecule has 0 radical (unpaired) electrons. The average Bonchev–Trinajstić information content (AvgIpc) is 3.08. The van der Waals surface area contributed by atoms with E-state index in [2.05, 4.69) is 15.5 Å². The predicted molar refractivity (Wildman–Crippen MR) is 86.6 cm³/mol. The summed E-state index contributed by atoms with van der Waals surface area (Å²) in [5.41, 5.74) is 0.625. The Bertz CT molecular complexity index is 759. The first-order valence-electron chi connectivity index (χ1n) is 7.55. The van der Waals surface area contributed by atoms with Crippen LogP contribution >= 0.6 is 0 Å². The summed E-state index contributed by atoms with van der Waals surface area (Å²) >= 11 is 0. The minimum absolute atomic E-state index is 0.0187. The maximum atomic E-state index is 12.6. The fourth-order valence-corrected chi connectivity index (χ4v) is 2.12. The number of hydrogen-bond acceptors (Lipinski definition) is 6. The van der Waals surface area contributed by atoms with E-state index in [1.165, 1.54) is 19.9 Å².